The van der Waals surface area contributed by atoms with Gasteiger partial charge in [0.25, 0.3) is 0 Å². The molecule has 1 aromatic heterocycles. The van der Waals surface area contributed by atoms with Crippen LogP contribution in [0.25, 0.3) is 22.0 Å². The number of halogens is 1. The first-order valence-corrected chi connectivity index (χ1v) is 10.1. The summed E-state index contributed by atoms with van der Waals surface area (Å²) in [7, 11) is 0. The van der Waals surface area contributed by atoms with Crippen LogP contribution in [-0.2, 0) is 11.3 Å². The van der Waals surface area contributed by atoms with Gasteiger partial charge in [0.1, 0.15) is 16.5 Å². The molecular formula is C23H18FN3OS. The first-order chi connectivity index (χ1) is 14.2. The van der Waals surface area contributed by atoms with Crippen LogP contribution in [-0.4, -0.2) is 21.9 Å². The zero-order chi connectivity index (χ0) is 20.1. The van der Waals surface area contributed by atoms with Crippen LogP contribution in [0.5, 0.6) is 0 Å². The molecule has 0 saturated heterocycles. The number of carbonyl (C=O) groups excluding carboxylic acids is 1. The van der Waals surface area contributed by atoms with Gasteiger partial charge in [-0.1, -0.05) is 84.6 Å². The number of nitrogens with one attached hydrogen (secondary N) is 1. The largest absolute Gasteiger partial charge is 0.351 e. The van der Waals surface area contributed by atoms with Crippen LogP contribution in [0.2, 0.25) is 0 Å². The molecule has 4 nitrogen and oxygen atoms in total. The van der Waals surface area contributed by atoms with E-state index >= 15 is 0 Å². The Morgan fingerprint density at radius 3 is 2.34 bits per heavy atom. The second-order valence-electron chi connectivity index (χ2n) is 6.42. The normalized spacial score (nSPS) is 10.8. The van der Waals surface area contributed by atoms with Crippen molar-refractivity contribution in [3.8, 4) is 11.3 Å². The van der Waals surface area contributed by atoms with Crippen LogP contribution in [0.15, 0.2) is 83.9 Å². The highest BCUT2D eigenvalue weighted by Gasteiger charge is 2.13. The lowest BCUT2D eigenvalue weighted by molar-refractivity contribution is -0.118. The molecule has 0 bridgehead atoms. The van der Waals surface area contributed by atoms with E-state index in [4.69, 9.17) is 0 Å². The molecule has 0 aliphatic rings. The maximum absolute atomic E-state index is 13.7. The van der Waals surface area contributed by atoms with Crippen LogP contribution in [0, 0.1) is 5.82 Å². The molecule has 144 valence electrons. The Morgan fingerprint density at radius 2 is 1.55 bits per heavy atom. The molecule has 1 N–H and O–H groups in total. The molecule has 1 heterocycles. The molecule has 0 spiro atoms. The fourth-order valence-electron chi connectivity index (χ4n) is 3.02. The number of amides is 1. The van der Waals surface area contributed by atoms with Crippen LogP contribution in [0.1, 0.15) is 5.56 Å². The Bertz CT molecular complexity index is 1150. The molecule has 29 heavy (non-hydrogen) atoms. The zero-order valence-corrected chi connectivity index (χ0v) is 16.3. The fraction of sp³-hybridized carbons (Fsp3) is 0.0870. The summed E-state index contributed by atoms with van der Waals surface area (Å²) in [4.78, 5) is 12.2. The van der Waals surface area contributed by atoms with E-state index in [1.807, 2.05) is 54.6 Å². The molecule has 0 aliphatic carbocycles. The molecule has 1 amide bonds. The highest BCUT2D eigenvalue weighted by atomic mass is 32.2. The summed E-state index contributed by atoms with van der Waals surface area (Å²) >= 11 is 1.32. The SMILES string of the molecule is O=C(CSc1nnc(-c2ccccc2)c2ccccc12)NCc1ccccc1F. The second-order valence-corrected chi connectivity index (χ2v) is 7.39. The molecular weight excluding hydrogens is 385 g/mol. The minimum absolute atomic E-state index is 0.158. The van der Waals surface area contributed by atoms with Gasteiger partial charge in [-0.05, 0) is 6.07 Å². The van der Waals surface area contributed by atoms with Crippen molar-refractivity contribution in [2.75, 3.05) is 5.75 Å². The van der Waals surface area contributed by atoms with E-state index in [1.54, 1.807) is 18.2 Å². The Hall–Kier alpha value is -3.25. The van der Waals surface area contributed by atoms with Gasteiger partial charge < -0.3 is 5.32 Å². The summed E-state index contributed by atoms with van der Waals surface area (Å²) in [6.07, 6.45) is 0. The summed E-state index contributed by atoms with van der Waals surface area (Å²) in [6.45, 7) is 0.158. The Balaban J connectivity index is 1.49. The van der Waals surface area contributed by atoms with Crippen molar-refractivity contribution in [1.29, 1.82) is 0 Å². The average Bonchev–Trinajstić information content (AvgIpc) is 2.77. The van der Waals surface area contributed by atoms with E-state index in [0.29, 0.717) is 10.6 Å². The van der Waals surface area contributed by atoms with Gasteiger partial charge in [-0.25, -0.2) is 4.39 Å². The van der Waals surface area contributed by atoms with Gasteiger partial charge in [-0.15, -0.1) is 10.2 Å². The molecule has 6 heteroatoms. The molecule has 3 aromatic carbocycles. The summed E-state index contributed by atoms with van der Waals surface area (Å²) < 4.78 is 13.7. The van der Waals surface area contributed by atoms with Crippen molar-refractivity contribution in [3.63, 3.8) is 0 Å². The molecule has 0 atom stereocenters. The van der Waals surface area contributed by atoms with Crippen molar-refractivity contribution in [2.45, 2.75) is 11.6 Å². The Morgan fingerprint density at radius 1 is 0.862 bits per heavy atom. The molecule has 0 aliphatic heterocycles. The predicted octanol–water partition coefficient (Wildman–Crippen LogP) is 4.84. The lowest BCUT2D eigenvalue weighted by Crippen LogP contribution is -2.25. The predicted molar refractivity (Wildman–Crippen MR) is 114 cm³/mol. The topological polar surface area (TPSA) is 54.9 Å². The van der Waals surface area contributed by atoms with Crippen molar-refractivity contribution < 1.29 is 9.18 Å². The molecule has 0 saturated carbocycles. The van der Waals surface area contributed by atoms with Crippen molar-refractivity contribution in [3.05, 3.63) is 90.2 Å². The minimum atomic E-state index is -0.325. The number of rotatable bonds is 6. The number of aromatic nitrogens is 2. The smallest absolute Gasteiger partial charge is 0.230 e. The summed E-state index contributed by atoms with van der Waals surface area (Å²) in [5.74, 6) is -0.331. The van der Waals surface area contributed by atoms with Crippen LogP contribution < -0.4 is 5.32 Å². The lowest BCUT2D eigenvalue weighted by Gasteiger charge is -2.09. The van der Waals surface area contributed by atoms with Crippen molar-refractivity contribution in [2.24, 2.45) is 0 Å². The number of thioether (sulfide) groups is 1. The van der Waals surface area contributed by atoms with Crippen LogP contribution >= 0.6 is 11.8 Å². The maximum atomic E-state index is 13.7. The Kier molecular flexibility index (Phi) is 5.81. The van der Waals surface area contributed by atoms with E-state index in [1.165, 1.54) is 17.8 Å². The number of fused-ring (bicyclic) bond motifs is 1. The van der Waals surface area contributed by atoms with Gasteiger partial charge in [0.2, 0.25) is 5.91 Å². The van der Waals surface area contributed by atoms with Gasteiger partial charge in [-0.2, -0.15) is 0 Å². The van der Waals surface area contributed by atoms with Gasteiger partial charge in [0, 0.05) is 28.4 Å². The minimum Gasteiger partial charge on any atom is -0.351 e. The van der Waals surface area contributed by atoms with E-state index in [0.717, 1.165) is 22.0 Å². The summed E-state index contributed by atoms with van der Waals surface area (Å²) in [5.41, 5.74) is 2.27. The number of hydrogen-bond acceptors (Lipinski definition) is 4. The van der Waals surface area contributed by atoms with E-state index in [2.05, 4.69) is 15.5 Å². The van der Waals surface area contributed by atoms with E-state index < -0.39 is 0 Å². The van der Waals surface area contributed by atoms with Crippen molar-refractivity contribution >= 4 is 28.4 Å². The monoisotopic (exact) mass is 403 g/mol. The second kappa shape index (κ2) is 8.84. The third-order valence-corrected chi connectivity index (χ3v) is 5.46. The summed E-state index contributed by atoms with van der Waals surface area (Å²) in [5, 5.41) is 14.2. The van der Waals surface area contributed by atoms with E-state index in [-0.39, 0.29) is 24.0 Å². The number of benzene rings is 3. The maximum Gasteiger partial charge on any atom is 0.230 e. The molecule has 0 fully saturated rings. The quantitative estimate of drug-likeness (QED) is 0.468. The van der Waals surface area contributed by atoms with Crippen LogP contribution in [0.3, 0.4) is 0 Å². The zero-order valence-electron chi connectivity index (χ0n) is 15.5. The number of nitrogens with zero attached hydrogens (tertiary/aromatic N) is 2. The Labute approximate surface area is 172 Å². The van der Waals surface area contributed by atoms with Crippen LogP contribution in [0.4, 0.5) is 4.39 Å². The van der Waals surface area contributed by atoms with Gasteiger partial charge >= 0.3 is 0 Å². The highest BCUT2D eigenvalue weighted by Crippen LogP contribution is 2.31. The standard InChI is InChI=1S/C23H18FN3OS/c24-20-13-7-4-10-17(20)14-25-21(28)15-29-23-19-12-6-5-11-18(19)22(26-27-23)16-8-2-1-3-9-16/h1-13H,14-15H2,(H,25,28). The highest BCUT2D eigenvalue weighted by molar-refractivity contribution is 8.00. The van der Waals surface area contributed by atoms with Gasteiger partial charge in [0.05, 0.1) is 5.75 Å². The van der Waals surface area contributed by atoms with Gasteiger partial charge in [0.15, 0.2) is 0 Å². The third-order valence-electron chi connectivity index (χ3n) is 4.47. The number of hydrogen-bond donors (Lipinski definition) is 1. The molecule has 4 aromatic rings. The van der Waals surface area contributed by atoms with Crippen molar-refractivity contribution in [1.82, 2.24) is 15.5 Å². The first kappa shape index (κ1) is 19.1. The number of carbonyl (C=O) groups is 1. The molecule has 0 radical (unpaired) electrons. The van der Waals surface area contributed by atoms with Gasteiger partial charge in [-0.3, -0.25) is 4.79 Å². The third kappa shape index (κ3) is 4.43. The van der Waals surface area contributed by atoms with E-state index in [9.17, 15) is 9.18 Å². The average molecular weight is 403 g/mol. The molecule has 0 unspecified atom stereocenters. The summed E-state index contributed by atoms with van der Waals surface area (Å²) in [6, 6.07) is 24.2. The lowest BCUT2D eigenvalue weighted by atomic mass is 10.1. The fourth-order valence-corrected chi connectivity index (χ4v) is 3.82. The first-order valence-electron chi connectivity index (χ1n) is 9.16. The molecule has 4 rings (SSSR count).